The normalized spacial score (nSPS) is 17.6. The zero-order valence-electron chi connectivity index (χ0n) is 12.6. The van der Waals surface area contributed by atoms with Crippen LogP contribution in [0.15, 0.2) is 6.07 Å². The van der Waals surface area contributed by atoms with Crippen LogP contribution in [-0.4, -0.2) is 22.4 Å². The third kappa shape index (κ3) is 4.34. The van der Waals surface area contributed by atoms with E-state index in [0.29, 0.717) is 0 Å². The third-order valence-electron chi connectivity index (χ3n) is 4.25. The van der Waals surface area contributed by atoms with Crippen molar-refractivity contribution in [3.05, 3.63) is 17.5 Å². The number of hydrogen-bond donors (Lipinski definition) is 1. The zero-order chi connectivity index (χ0) is 13.5. The average Bonchev–Trinajstić information content (AvgIpc) is 2.65. The van der Waals surface area contributed by atoms with Gasteiger partial charge in [-0.05, 0) is 31.7 Å². The summed E-state index contributed by atoms with van der Waals surface area (Å²) in [5.41, 5.74) is 2.60. The Morgan fingerprint density at radius 1 is 1.16 bits per heavy atom. The molecule has 1 aromatic rings. The molecule has 1 N–H and O–H groups in total. The molecule has 0 aliphatic heterocycles. The van der Waals surface area contributed by atoms with Gasteiger partial charge in [-0.15, -0.1) is 0 Å². The van der Waals surface area contributed by atoms with Gasteiger partial charge in [0.15, 0.2) is 0 Å². The summed E-state index contributed by atoms with van der Waals surface area (Å²) in [7, 11) is 0. The summed E-state index contributed by atoms with van der Waals surface area (Å²) in [6.45, 7) is 6.46. The van der Waals surface area contributed by atoms with Crippen LogP contribution < -0.4 is 5.32 Å². The molecule has 19 heavy (non-hydrogen) atoms. The van der Waals surface area contributed by atoms with Crippen LogP contribution in [0.25, 0.3) is 0 Å². The first-order valence-corrected chi connectivity index (χ1v) is 8.12. The van der Waals surface area contributed by atoms with E-state index in [9.17, 15) is 0 Å². The minimum absolute atomic E-state index is 0.744. The Morgan fingerprint density at radius 3 is 2.53 bits per heavy atom. The van der Waals surface area contributed by atoms with Crippen molar-refractivity contribution in [3.8, 4) is 0 Å². The molecule has 0 bridgehead atoms. The molecule has 0 aromatic carbocycles. The largest absolute Gasteiger partial charge is 0.312 e. The van der Waals surface area contributed by atoms with Crippen LogP contribution in [0.2, 0.25) is 0 Å². The molecule has 1 heterocycles. The van der Waals surface area contributed by atoms with Crippen molar-refractivity contribution in [3.63, 3.8) is 0 Å². The predicted octanol–water partition coefficient (Wildman–Crippen LogP) is 3.32. The van der Waals surface area contributed by atoms with E-state index in [4.69, 9.17) is 0 Å². The highest BCUT2D eigenvalue weighted by Gasteiger charge is 2.11. The molecule has 0 radical (unpaired) electrons. The van der Waals surface area contributed by atoms with Crippen molar-refractivity contribution in [2.75, 3.05) is 6.54 Å². The standard InChI is InChI=1S/C16H29N3/c1-3-14-13-16(4-2)19(18-14)12-11-17-15-9-7-5-6-8-10-15/h13,15,17H,3-12H2,1-2H3. The Kier molecular flexibility index (Phi) is 5.90. The van der Waals surface area contributed by atoms with Crippen molar-refractivity contribution in [1.82, 2.24) is 15.1 Å². The number of aromatic nitrogens is 2. The van der Waals surface area contributed by atoms with Crippen molar-refractivity contribution >= 4 is 0 Å². The van der Waals surface area contributed by atoms with E-state index >= 15 is 0 Å². The molecule has 1 saturated carbocycles. The molecule has 0 unspecified atom stereocenters. The van der Waals surface area contributed by atoms with Gasteiger partial charge in [0.1, 0.15) is 0 Å². The molecule has 108 valence electrons. The summed E-state index contributed by atoms with van der Waals surface area (Å²) in [5.74, 6) is 0. The highest BCUT2D eigenvalue weighted by molar-refractivity contribution is 5.10. The Bertz CT molecular complexity index is 362. The van der Waals surface area contributed by atoms with Gasteiger partial charge in [-0.2, -0.15) is 5.10 Å². The van der Waals surface area contributed by atoms with E-state index < -0.39 is 0 Å². The Labute approximate surface area is 117 Å². The smallest absolute Gasteiger partial charge is 0.0624 e. The lowest BCUT2D eigenvalue weighted by Crippen LogP contribution is -2.31. The lowest BCUT2D eigenvalue weighted by molar-refractivity contribution is 0.432. The highest BCUT2D eigenvalue weighted by atomic mass is 15.3. The fraction of sp³-hybridized carbons (Fsp3) is 0.812. The number of hydrogen-bond acceptors (Lipinski definition) is 2. The van der Waals surface area contributed by atoms with E-state index in [-0.39, 0.29) is 0 Å². The molecule has 3 nitrogen and oxygen atoms in total. The summed E-state index contributed by atoms with van der Waals surface area (Å²) in [5, 5.41) is 8.41. The van der Waals surface area contributed by atoms with Gasteiger partial charge in [-0.1, -0.05) is 39.5 Å². The second-order valence-corrected chi connectivity index (χ2v) is 5.70. The van der Waals surface area contributed by atoms with Crippen LogP contribution in [0.4, 0.5) is 0 Å². The van der Waals surface area contributed by atoms with Crippen molar-refractivity contribution < 1.29 is 0 Å². The summed E-state index contributed by atoms with van der Waals surface area (Å²) >= 11 is 0. The predicted molar refractivity (Wildman–Crippen MR) is 80.5 cm³/mol. The molecule has 3 heteroatoms. The molecule has 0 atom stereocenters. The van der Waals surface area contributed by atoms with Crippen LogP contribution in [0, 0.1) is 0 Å². The van der Waals surface area contributed by atoms with Gasteiger partial charge >= 0.3 is 0 Å². The monoisotopic (exact) mass is 263 g/mol. The van der Waals surface area contributed by atoms with Crippen LogP contribution in [0.1, 0.15) is 63.8 Å². The lowest BCUT2D eigenvalue weighted by Gasteiger charge is -2.16. The van der Waals surface area contributed by atoms with Crippen LogP contribution in [0.5, 0.6) is 0 Å². The van der Waals surface area contributed by atoms with Gasteiger partial charge in [0, 0.05) is 18.3 Å². The van der Waals surface area contributed by atoms with E-state index in [1.807, 2.05) is 0 Å². The zero-order valence-corrected chi connectivity index (χ0v) is 12.6. The Balaban J connectivity index is 1.79. The summed E-state index contributed by atoms with van der Waals surface area (Å²) in [6, 6.07) is 3.00. The molecule has 0 amide bonds. The summed E-state index contributed by atoms with van der Waals surface area (Å²) in [4.78, 5) is 0. The highest BCUT2D eigenvalue weighted by Crippen LogP contribution is 2.17. The van der Waals surface area contributed by atoms with Gasteiger partial charge in [-0.25, -0.2) is 0 Å². The maximum Gasteiger partial charge on any atom is 0.0624 e. The third-order valence-corrected chi connectivity index (χ3v) is 4.25. The molecule has 1 aromatic heterocycles. The first-order valence-electron chi connectivity index (χ1n) is 8.12. The summed E-state index contributed by atoms with van der Waals surface area (Å²) < 4.78 is 2.20. The van der Waals surface area contributed by atoms with Crippen molar-refractivity contribution in [2.45, 2.75) is 77.8 Å². The van der Waals surface area contributed by atoms with Crippen LogP contribution >= 0.6 is 0 Å². The fourth-order valence-electron chi connectivity index (χ4n) is 3.02. The second kappa shape index (κ2) is 7.68. The van der Waals surface area contributed by atoms with Crippen LogP contribution in [0.3, 0.4) is 0 Å². The number of aryl methyl sites for hydroxylation is 2. The van der Waals surface area contributed by atoms with Gasteiger partial charge in [0.05, 0.1) is 12.2 Å². The minimum atomic E-state index is 0.744. The van der Waals surface area contributed by atoms with Crippen molar-refractivity contribution in [1.29, 1.82) is 0 Å². The molecule has 1 aliphatic rings. The van der Waals surface area contributed by atoms with E-state index in [2.05, 4.69) is 35.0 Å². The molecule has 2 rings (SSSR count). The number of rotatable bonds is 6. The second-order valence-electron chi connectivity index (χ2n) is 5.70. The maximum absolute atomic E-state index is 4.68. The van der Waals surface area contributed by atoms with Crippen molar-refractivity contribution in [2.24, 2.45) is 0 Å². The molecule has 1 fully saturated rings. The average molecular weight is 263 g/mol. The number of nitrogens with one attached hydrogen (secondary N) is 1. The van der Waals surface area contributed by atoms with Gasteiger partial charge in [0.25, 0.3) is 0 Å². The maximum atomic E-state index is 4.68. The van der Waals surface area contributed by atoms with Gasteiger partial charge in [0.2, 0.25) is 0 Å². The SMILES string of the molecule is CCc1cc(CC)n(CCNC2CCCCCC2)n1. The molecular formula is C16H29N3. The van der Waals surface area contributed by atoms with E-state index in [0.717, 1.165) is 32.0 Å². The molecular weight excluding hydrogens is 234 g/mol. The lowest BCUT2D eigenvalue weighted by atomic mass is 10.1. The van der Waals surface area contributed by atoms with E-state index in [1.165, 1.54) is 49.9 Å². The Hall–Kier alpha value is -0.830. The first-order chi connectivity index (χ1) is 9.33. The summed E-state index contributed by atoms with van der Waals surface area (Å²) in [6.07, 6.45) is 10.5. The fourth-order valence-corrected chi connectivity index (χ4v) is 3.02. The first kappa shape index (κ1) is 14.6. The van der Waals surface area contributed by atoms with E-state index in [1.54, 1.807) is 0 Å². The quantitative estimate of drug-likeness (QED) is 0.798. The Morgan fingerprint density at radius 2 is 1.89 bits per heavy atom. The molecule has 0 saturated heterocycles. The molecule has 1 aliphatic carbocycles. The minimum Gasteiger partial charge on any atom is -0.312 e. The van der Waals surface area contributed by atoms with Gasteiger partial charge in [-0.3, -0.25) is 4.68 Å². The number of nitrogens with zero attached hydrogens (tertiary/aromatic N) is 2. The topological polar surface area (TPSA) is 29.9 Å². The molecule has 0 spiro atoms. The van der Waals surface area contributed by atoms with Gasteiger partial charge < -0.3 is 5.32 Å². The van der Waals surface area contributed by atoms with Crippen LogP contribution in [-0.2, 0) is 19.4 Å².